The van der Waals surface area contributed by atoms with Gasteiger partial charge in [-0.25, -0.2) is 4.98 Å². The summed E-state index contributed by atoms with van der Waals surface area (Å²) in [5, 5.41) is 0.909. The summed E-state index contributed by atoms with van der Waals surface area (Å²) in [6.45, 7) is 0. The molecule has 20 heavy (non-hydrogen) atoms. The molecule has 0 amide bonds. The molecule has 0 aliphatic rings. The molecule has 0 saturated carbocycles. The molecule has 0 spiro atoms. The normalized spacial score (nSPS) is 11.2. The van der Waals surface area contributed by atoms with Crippen LogP contribution in [0.3, 0.4) is 0 Å². The van der Waals surface area contributed by atoms with Crippen molar-refractivity contribution in [3.05, 3.63) is 66.2 Å². The molecule has 4 rings (SSSR count). The molecule has 0 aliphatic heterocycles. The van der Waals surface area contributed by atoms with Crippen molar-refractivity contribution in [2.24, 2.45) is 0 Å². The monoisotopic (exact) mass is 262 g/mol. The maximum atomic E-state index is 12.4. The summed E-state index contributed by atoms with van der Waals surface area (Å²) < 4.78 is 5.57. The van der Waals surface area contributed by atoms with Gasteiger partial charge in [0.25, 0.3) is 5.78 Å². The molecule has 4 heteroatoms. The van der Waals surface area contributed by atoms with Gasteiger partial charge in [-0.15, -0.1) is 0 Å². The van der Waals surface area contributed by atoms with Gasteiger partial charge in [-0.05, 0) is 24.3 Å². The van der Waals surface area contributed by atoms with Crippen molar-refractivity contribution >= 4 is 27.8 Å². The first-order valence-electron chi connectivity index (χ1n) is 6.29. The number of aromatic amines is 1. The Labute approximate surface area is 114 Å². The standard InChI is InChI=1S/C16H10N2O2/c19-15(14-9-10-5-1-4-8-13(10)20-14)16-17-11-6-2-3-7-12(11)18-16/h1-9H,(H,17,18). The van der Waals surface area contributed by atoms with Gasteiger partial charge in [-0.2, -0.15) is 0 Å². The van der Waals surface area contributed by atoms with E-state index in [2.05, 4.69) is 9.97 Å². The molecule has 2 aromatic carbocycles. The third-order valence-corrected chi connectivity index (χ3v) is 3.25. The average molecular weight is 262 g/mol. The van der Waals surface area contributed by atoms with E-state index in [4.69, 9.17) is 4.42 Å². The molecule has 0 unspecified atom stereocenters. The summed E-state index contributed by atoms with van der Waals surface area (Å²) in [6, 6.07) is 16.8. The molecule has 0 atom stereocenters. The Kier molecular flexibility index (Phi) is 2.23. The summed E-state index contributed by atoms with van der Waals surface area (Å²) in [6.07, 6.45) is 0. The van der Waals surface area contributed by atoms with Crippen LogP contribution in [-0.4, -0.2) is 15.8 Å². The van der Waals surface area contributed by atoms with Gasteiger partial charge in [0.1, 0.15) is 5.58 Å². The van der Waals surface area contributed by atoms with E-state index in [-0.39, 0.29) is 5.78 Å². The maximum absolute atomic E-state index is 12.4. The highest BCUT2D eigenvalue weighted by atomic mass is 16.3. The quantitative estimate of drug-likeness (QED) is 0.562. The van der Waals surface area contributed by atoms with E-state index < -0.39 is 0 Å². The van der Waals surface area contributed by atoms with Gasteiger partial charge in [-0.1, -0.05) is 30.3 Å². The fourth-order valence-corrected chi connectivity index (χ4v) is 2.27. The van der Waals surface area contributed by atoms with Gasteiger partial charge >= 0.3 is 0 Å². The lowest BCUT2D eigenvalue weighted by molar-refractivity contribution is 0.100. The van der Waals surface area contributed by atoms with Crippen LogP contribution in [-0.2, 0) is 0 Å². The minimum Gasteiger partial charge on any atom is -0.452 e. The van der Waals surface area contributed by atoms with Crippen LogP contribution in [0.1, 0.15) is 16.4 Å². The highest BCUT2D eigenvalue weighted by Gasteiger charge is 2.18. The van der Waals surface area contributed by atoms with Crippen LogP contribution >= 0.6 is 0 Å². The van der Waals surface area contributed by atoms with Gasteiger partial charge in [0, 0.05) is 5.39 Å². The van der Waals surface area contributed by atoms with Crippen molar-refractivity contribution in [2.45, 2.75) is 0 Å². The number of rotatable bonds is 2. The predicted octanol–water partition coefficient (Wildman–Crippen LogP) is 3.54. The highest BCUT2D eigenvalue weighted by molar-refractivity contribution is 6.08. The Hall–Kier alpha value is -2.88. The third kappa shape index (κ3) is 1.62. The van der Waals surface area contributed by atoms with Crippen LogP contribution < -0.4 is 0 Å². The number of fused-ring (bicyclic) bond motifs is 2. The van der Waals surface area contributed by atoms with E-state index in [0.717, 1.165) is 16.4 Å². The number of hydrogen-bond acceptors (Lipinski definition) is 3. The Balaban J connectivity index is 1.82. The number of ketones is 1. The van der Waals surface area contributed by atoms with E-state index in [9.17, 15) is 4.79 Å². The van der Waals surface area contributed by atoms with Crippen LogP contribution in [0.25, 0.3) is 22.0 Å². The van der Waals surface area contributed by atoms with Gasteiger partial charge < -0.3 is 9.40 Å². The number of carbonyl (C=O) groups excluding carboxylic acids is 1. The average Bonchev–Trinajstić information content (AvgIpc) is 3.10. The second kappa shape index (κ2) is 4.06. The Morgan fingerprint density at radius 1 is 1.05 bits per heavy atom. The van der Waals surface area contributed by atoms with E-state index in [1.165, 1.54) is 0 Å². The zero-order chi connectivity index (χ0) is 13.5. The minimum absolute atomic E-state index is 0.239. The lowest BCUT2D eigenvalue weighted by atomic mass is 10.2. The van der Waals surface area contributed by atoms with Crippen LogP contribution in [0.5, 0.6) is 0 Å². The molecule has 0 bridgehead atoms. The molecule has 0 radical (unpaired) electrons. The first-order valence-corrected chi connectivity index (χ1v) is 6.29. The Bertz CT molecular complexity index is 792. The Morgan fingerprint density at radius 2 is 1.85 bits per heavy atom. The number of nitrogens with one attached hydrogen (secondary N) is 1. The van der Waals surface area contributed by atoms with Crippen molar-refractivity contribution in [3.63, 3.8) is 0 Å². The van der Waals surface area contributed by atoms with Crippen molar-refractivity contribution < 1.29 is 9.21 Å². The number of H-pyrrole nitrogens is 1. The largest absolute Gasteiger partial charge is 0.452 e. The van der Waals surface area contributed by atoms with Crippen molar-refractivity contribution in [2.75, 3.05) is 0 Å². The summed E-state index contributed by atoms with van der Waals surface area (Å²) in [4.78, 5) is 19.7. The molecule has 0 fully saturated rings. The highest BCUT2D eigenvalue weighted by Crippen LogP contribution is 2.21. The van der Waals surface area contributed by atoms with Crippen LogP contribution in [0.4, 0.5) is 0 Å². The second-order valence-corrected chi connectivity index (χ2v) is 4.58. The molecule has 4 aromatic rings. The van der Waals surface area contributed by atoms with Crippen LogP contribution in [0.15, 0.2) is 59.0 Å². The number of benzene rings is 2. The third-order valence-electron chi connectivity index (χ3n) is 3.25. The van der Waals surface area contributed by atoms with Gasteiger partial charge in [0.05, 0.1) is 11.0 Å². The summed E-state index contributed by atoms with van der Waals surface area (Å²) in [5.41, 5.74) is 2.31. The predicted molar refractivity (Wildman–Crippen MR) is 75.7 cm³/mol. The summed E-state index contributed by atoms with van der Waals surface area (Å²) in [7, 11) is 0. The van der Waals surface area contributed by atoms with Crippen molar-refractivity contribution in [1.29, 1.82) is 0 Å². The SMILES string of the molecule is O=C(c1nc2ccccc2[nH]1)c1cc2ccccc2o1. The fourth-order valence-electron chi connectivity index (χ4n) is 2.27. The Morgan fingerprint density at radius 3 is 2.70 bits per heavy atom. The second-order valence-electron chi connectivity index (χ2n) is 4.58. The van der Waals surface area contributed by atoms with Crippen molar-refractivity contribution in [1.82, 2.24) is 9.97 Å². The van der Waals surface area contributed by atoms with E-state index >= 15 is 0 Å². The maximum Gasteiger partial charge on any atom is 0.263 e. The smallest absolute Gasteiger partial charge is 0.263 e. The van der Waals surface area contributed by atoms with E-state index in [1.807, 2.05) is 48.5 Å². The zero-order valence-corrected chi connectivity index (χ0v) is 10.5. The van der Waals surface area contributed by atoms with E-state index in [1.54, 1.807) is 6.07 Å². The molecular formula is C16H10N2O2. The molecule has 0 saturated heterocycles. The van der Waals surface area contributed by atoms with Gasteiger partial charge in [0.2, 0.25) is 0 Å². The number of carbonyl (C=O) groups is 1. The van der Waals surface area contributed by atoms with Crippen LogP contribution in [0, 0.1) is 0 Å². The number of para-hydroxylation sites is 3. The molecule has 2 aromatic heterocycles. The number of aromatic nitrogens is 2. The first kappa shape index (κ1) is 11.0. The topological polar surface area (TPSA) is 58.9 Å². The molecule has 2 heterocycles. The molecule has 1 N–H and O–H groups in total. The number of furan rings is 1. The lowest BCUT2D eigenvalue weighted by Gasteiger charge is -1.90. The molecule has 4 nitrogen and oxygen atoms in total. The van der Waals surface area contributed by atoms with Gasteiger partial charge in [0.15, 0.2) is 11.6 Å². The summed E-state index contributed by atoms with van der Waals surface area (Å²) >= 11 is 0. The van der Waals surface area contributed by atoms with E-state index in [0.29, 0.717) is 17.2 Å². The molecular weight excluding hydrogens is 252 g/mol. The zero-order valence-electron chi connectivity index (χ0n) is 10.5. The fraction of sp³-hybridized carbons (Fsp3) is 0. The summed E-state index contributed by atoms with van der Waals surface area (Å²) in [5.74, 6) is 0.355. The number of nitrogens with zero attached hydrogens (tertiary/aromatic N) is 1. The lowest BCUT2D eigenvalue weighted by Crippen LogP contribution is -2.01. The number of imidazole rings is 1. The van der Waals surface area contributed by atoms with Crippen LogP contribution in [0.2, 0.25) is 0 Å². The molecule has 0 aliphatic carbocycles. The number of hydrogen-bond donors (Lipinski definition) is 1. The van der Waals surface area contributed by atoms with Gasteiger partial charge in [-0.3, -0.25) is 4.79 Å². The van der Waals surface area contributed by atoms with Crippen molar-refractivity contribution in [3.8, 4) is 0 Å². The minimum atomic E-state index is -0.239. The first-order chi connectivity index (χ1) is 9.81. The molecule has 96 valence electrons.